The number of imidazole rings is 1. The van der Waals surface area contributed by atoms with E-state index in [2.05, 4.69) is 5.32 Å². The Bertz CT molecular complexity index is 1330. The summed E-state index contributed by atoms with van der Waals surface area (Å²) in [5, 5.41) is 2.82. The lowest BCUT2D eigenvalue weighted by Crippen LogP contribution is -2.53. The first-order chi connectivity index (χ1) is 15.6. The Morgan fingerprint density at radius 2 is 1.50 bits per heavy atom. The van der Waals surface area contributed by atoms with Crippen LogP contribution in [0.1, 0.15) is 45.3 Å². The standard InChI is InChI=1S/C26H21N3O3/c1-16(30)27-23-21(17-10-4-2-5-11-17)22(24(31)18-12-6-3-7-13-18)25-28-19-14-8-9-15-20(19)29(25)26(23)32/h2-15,21-23H,1H3,(H,27,30)/t21-,22-,23-/m0/s1. The van der Waals surface area contributed by atoms with Gasteiger partial charge < -0.3 is 5.32 Å². The number of rotatable bonds is 4. The van der Waals surface area contributed by atoms with Crippen molar-refractivity contribution in [3.8, 4) is 0 Å². The Balaban J connectivity index is 1.80. The predicted octanol–water partition coefficient (Wildman–Crippen LogP) is 3.95. The summed E-state index contributed by atoms with van der Waals surface area (Å²) in [7, 11) is 0. The van der Waals surface area contributed by atoms with Gasteiger partial charge in [-0.1, -0.05) is 72.8 Å². The molecule has 2 heterocycles. The maximum absolute atomic E-state index is 13.9. The number of aromatic nitrogens is 2. The van der Waals surface area contributed by atoms with Crippen LogP contribution in [0, 0.1) is 0 Å². The Morgan fingerprint density at radius 3 is 2.19 bits per heavy atom. The Hall–Kier alpha value is -4.06. The lowest BCUT2D eigenvalue weighted by atomic mass is 9.74. The molecule has 0 spiro atoms. The maximum Gasteiger partial charge on any atom is 0.255 e. The summed E-state index contributed by atoms with van der Waals surface area (Å²) >= 11 is 0. The molecular weight excluding hydrogens is 402 g/mol. The second kappa shape index (κ2) is 7.89. The molecule has 0 unspecified atom stereocenters. The highest BCUT2D eigenvalue weighted by atomic mass is 16.2. The fourth-order valence-corrected chi connectivity index (χ4v) is 4.62. The van der Waals surface area contributed by atoms with E-state index in [9.17, 15) is 14.4 Å². The number of carbonyl (C=O) groups excluding carboxylic acids is 3. The SMILES string of the molecule is CC(=O)N[C@@H]1C(=O)n2c(nc3ccccc32)[C@H](C(=O)c2ccccc2)[C@@H]1c1ccccc1. The number of carbonyl (C=O) groups is 3. The highest BCUT2D eigenvalue weighted by Crippen LogP contribution is 2.43. The quantitative estimate of drug-likeness (QED) is 0.504. The molecule has 1 aliphatic heterocycles. The number of para-hydroxylation sites is 2. The number of Topliss-reactive ketones (excluding diaryl/α,β-unsaturated/α-hetero) is 1. The van der Waals surface area contributed by atoms with E-state index >= 15 is 0 Å². The van der Waals surface area contributed by atoms with Gasteiger partial charge in [0.2, 0.25) is 5.91 Å². The molecule has 1 aliphatic rings. The minimum absolute atomic E-state index is 0.140. The molecular formula is C26H21N3O3. The van der Waals surface area contributed by atoms with Crippen LogP contribution in [-0.4, -0.2) is 33.2 Å². The van der Waals surface area contributed by atoms with E-state index in [1.807, 2.05) is 72.8 Å². The third-order valence-corrected chi connectivity index (χ3v) is 5.95. The monoisotopic (exact) mass is 423 g/mol. The van der Waals surface area contributed by atoms with E-state index in [1.54, 1.807) is 12.1 Å². The first kappa shape index (κ1) is 19.9. The number of hydrogen-bond acceptors (Lipinski definition) is 4. The Morgan fingerprint density at radius 1 is 0.875 bits per heavy atom. The molecule has 0 radical (unpaired) electrons. The smallest absolute Gasteiger partial charge is 0.255 e. The van der Waals surface area contributed by atoms with Crippen LogP contribution in [0.4, 0.5) is 0 Å². The van der Waals surface area contributed by atoms with Gasteiger partial charge in [-0.25, -0.2) is 4.98 Å². The Kier molecular flexibility index (Phi) is 4.90. The third-order valence-electron chi connectivity index (χ3n) is 5.95. The fourth-order valence-electron chi connectivity index (χ4n) is 4.62. The molecule has 1 aromatic heterocycles. The second-order valence-corrected chi connectivity index (χ2v) is 7.95. The van der Waals surface area contributed by atoms with Crippen LogP contribution in [0.25, 0.3) is 11.0 Å². The average molecular weight is 423 g/mol. The van der Waals surface area contributed by atoms with Gasteiger partial charge in [0.15, 0.2) is 5.78 Å². The number of ketones is 1. The van der Waals surface area contributed by atoms with E-state index < -0.39 is 17.9 Å². The molecule has 5 rings (SSSR count). The van der Waals surface area contributed by atoms with E-state index in [1.165, 1.54) is 11.5 Å². The number of fused-ring (bicyclic) bond motifs is 3. The third kappa shape index (κ3) is 3.21. The average Bonchev–Trinajstić information content (AvgIpc) is 3.20. The molecule has 1 amide bonds. The number of hydrogen-bond donors (Lipinski definition) is 1. The van der Waals surface area contributed by atoms with Crippen molar-refractivity contribution in [2.24, 2.45) is 0 Å². The van der Waals surface area contributed by atoms with Crippen LogP contribution >= 0.6 is 0 Å². The van der Waals surface area contributed by atoms with Crippen LogP contribution in [-0.2, 0) is 4.79 Å². The van der Waals surface area contributed by atoms with E-state index in [0.29, 0.717) is 22.4 Å². The zero-order chi connectivity index (χ0) is 22.2. The van der Waals surface area contributed by atoms with Gasteiger partial charge in [0, 0.05) is 18.4 Å². The molecule has 3 aromatic carbocycles. The molecule has 0 aliphatic carbocycles. The van der Waals surface area contributed by atoms with Crippen molar-refractivity contribution in [1.82, 2.24) is 14.9 Å². The number of nitrogens with zero attached hydrogens (tertiary/aromatic N) is 2. The van der Waals surface area contributed by atoms with Crippen molar-refractivity contribution >= 4 is 28.6 Å². The minimum atomic E-state index is -0.905. The van der Waals surface area contributed by atoms with Gasteiger partial charge in [-0.3, -0.25) is 19.0 Å². The van der Waals surface area contributed by atoms with Crippen LogP contribution in [0.5, 0.6) is 0 Å². The summed E-state index contributed by atoms with van der Waals surface area (Å²) in [5.41, 5.74) is 2.59. The summed E-state index contributed by atoms with van der Waals surface area (Å²) in [5.74, 6) is -1.70. The summed E-state index contributed by atoms with van der Waals surface area (Å²) in [4.78, 5) is 44.4. The minimum Gasteiger partial charge on any atom is -0.344 e. The molecule has 3 atom stereocenters. The second-order valence-electron chi connectivity index (χ2n) is 7.95. The summed E-state index contributed by atoms with van der Waals surface area (Å²) in [6.45, 7) is 1.38. The van der Waals surface area contributed by atoms with Gasteiger partial charge in [0.1, 0.15) is 11.9 Å². The zero-order valence-corrected chi connectivity index (χ0v) is 17.4. The van der Waals surface area contributed by atoms with Crippen molar-refractivity contribution < 1.29 is 14.4 Å². The molecule has 1 N–H and O–H groups in total. The fraction of sp³-hybridized carbons (Fsp3) is 0.154. The van der Waals surface area contributed by atoms with Crippen LogP contribution in [0.15, 0.2) is 84.9 Å². The molecule has 0 saturated carbocycles. The molecule has 4 aromatic rings. The summed E-state index contributed by atoms with van der Waals surface area (Å²) in [6, 6.07) is 24.8. The molecule has 0 bridgehead atoms. The first-order valence-corrected chi connectivity index (χ1v) is 10.5. The largest absolute Gasteiger partial charge is 0.344 e. The molecule has 6 nitrogen and oxygen atoms in total. The van der Waals surface area contributed by atoms with Crippen LogP contribution in [0.2, 0.25) is 0 Å². The molecule has 0 fully saturated rings. The molecule has 0 saturated heterocycles. The number of amides is 1. The van der Waals surface area contributed by atoms with Gasteiger partial charge in [-0.05, 0) is 17.7 Å². The van der Waals surface area contributed by atoms with E-state index in [4.69, 9.17) is 4.98 Å². The highest BCUT2D eigenvalue weighted by molar-refractivity contribution is 6.06. The number of benzene rings is 3. The summed E-state index contributed by atoms with van der Waals surface area (Å²) < 4.78 is 1.50. The van der Waals surface area contributed by atoms with E-state index in [0.717, 1.165) is 5.56 Å². The highest BCUT2D eigenvalue weighted by Gasteiger charge is 2.48. The van der Waals surface area contributed by atoms with Gasteiger partial charge in [0.25, 0.3) is 5.91 Å². The zero-order valence-electron chi connectivity index (χ0n) is 17.4. The van der Waals surface area contributed by atoms with Crippen LogP contribution < -0.4 is 5.32 Å². The maximum atomic E-state index is 13.9. The Labute approximate surface area is 184 Å². The molecule has 32 heavy (non-hydrogen) atoms. The van der Waals surface area contributed by atoms with Gasteiger partial charge >= 0.3 is 0 Å². The van der Waals surface area contributed by atoms with Crippen molar-refractivity contribution in [1.29, 1.82) is 0 Å². The van der Waals surface area contributed by atoms with Gasteiger partial charge in [-0.2, -0.15) is 0 Å². The van der Waals surface area contributed by atoms with Crippen molar-refractivity contribution in [3.05, 3.63) is 102 Å². The topological polar surface area (TPSA) is 81.1 Å². The van der Waals surface area contributed by atoms with Crippen LogP contribution in [0.3, 0.4) is 0 Å². The van der Waals surface area contributed by atoms with Crippen molar-refractivity contribution in [2.75, 3.05) is 0 Å². The summed E-state index contributed by atoms with van der Waals surface area (Å²) in [6.07, 6.45) is 0. The van der Waals surface area contributed by atoms with Gasteiger partial charge in [-0.15, -0.1) is 0 Å². The van der Waals surface area contributed by atoms with Crippen molar-refractivity contribution in [2.45, 2.75) is 24.8 Å². The number of nitrogens with one attached hydrogen (secondary N) is 1. The lowest BCUT2D eigenvalue weighted by molar-refractivity contribution is -0.119. The molecule has 158 valence electrons. The molecule has 6 heteroatoms. The normalized spacial score (nSPS) is 20.0. The van der Waals surface area contributed by atoms with E-state index in [-0.39, 0.29) is 17.6 Å². The first-order valence-electron chi connectivity index (χ1n) is 10.5. The predicted molar refractivity (Wildman–Crippen MR) is 121 cm³/mol. The van der Waals surface area contributed by atoms with Crippen molar-refractivity contribution in [3.63, 3.8) is 0 Å². The van der Waals surface area contributed by atoms with Gasteiger partial charge in [0.05, 0.1) is 17.0 Å². The lowest BCUT2D eigenvalue weighted by Gasteiger charge is -2.37.